The van der Waals surface area contributed by atoms with Crippen LogP contribution in [0.25, 0.3) is 0 Å². The zero-order chi connectivity index (χ0) is 16.9. The Labute approximate surface area is 139 Å². The number of carbonyl (C=O) groups excluding carboxylic acids is 2. The monoisotopic (exact) mass is 360 g/mol. The fourth-order valence-corrected chi connectivity index (χ4v) is 4.67. The van der Waals surface area contributed by atoms with Crippen molar-refractivity contribution in [3.63, 3.8) is 0 Å². The van der Waals surface area contributed by atoms with Crippen LogP contribution >= 0.6 is 11.8 Å². The molecule has 0 aliphatic carbocycles. The topological polar surface area (TPSA) is 111 Å². The van der Waals surface area contributed by atoms with E-state index in [0.717, 1.165) is 11.5 Å². The van der Waals surface area contributed by atoms with Gasteiger partial charge in [-0.2, -0.15) is 16.1 Å². The summed E-state index contributed by atoms with van der Waals surface area (Å²) in [5.74, 6) is 0.971. The number of aromatic amines is 1. The van der Waals surface area contributed by atoms with Gasteiger partial charge in [-0.15, -0.1) is 0 Å². The van der Waals surface area contributed by atoms with Gasteiger partial charge in [-0.25, -0.2) is 8.42 Å². The van der Waals surface area contributed by atoms with Gasteiger partial charge in [0.1, 0.15) is 10.6 Å². The molecule has 128 valence electrons. The molecule has 1 aromatic heterocycles. The molecule has 3 N–H and O–H groups in total. The van der Waals surface area contributed by atoms with E-state index in [2.05, 4.69) is 15.6 Å². The summed E-state index contributed by atoms with van der Waals surface area (Å²) in [6.45, 7) is 2.94. The van der Waals surface area contributed by atoms with Crippen LogP contribution in [0.4, 0.5) is 0 Å². The van der Waals surface area contributed by atoms with Gasteiger partial charge in [-0.1, -0.05) is 0 Å². The van der Waals surface area contributed by atoms with E-state index in [9.17, 15) is 18.0 Å². The van der Waals surface area contributed by atoms with Gasteiger partial charge >= 0.3 is 0 Å². The van der Waals surface area contributed by atoms with Crippen molar-refractivity contribution in [1.29, 1.82) is 0 Å². The van der Waals surface area contributed by atoms with Crippen LogP contribution in [0.2, 0.25) is 0 Å². The number of hydrogen-bond acceptors (Lipinski definition) is 5. The average Bonchev–Trinajstić information content (AvgIpc) is 3.03. The van der Waals surface area contributed by atoms with E-state index in [4.69, 9.17) is 0 Å². The van der Waals surface area contributed by atoms with Crippen molar-refractivity contribution in [3.8, 4) is 0 Å². The SMILES string of the molecule is CC(=O)NCCNC(=O)c1cc(S(=O)(=O)N2CCSCC2)c[nH]1. The maximum absolute atomic E-state index is 12.5. The number of thioether (sulfide) groups is 1. The van der Waals surface area contributed by atoms with E-state index in [0.29, 0.717) is 19.6 Å². The Kier molecular flexibility index (Phi) is 6.08. The minimum absolute atomic E-state index is 0.0939. The van der Waals surface area contributed by atoms with Crippen LogP contribution in [-0.4, -0.2) is 67.2 Å². The molecule has 1 aliphatic rings. The number of amides is 2. The molecule has 0 radical (unpaired) electrons. The van der Waals surface area contributed by atoms with E-state index >= 15 is 0 Å². The van der Waals surface area contributed by atoms with E-state index in [-0.39, 0.29) is 23.0 Å². The van der Waals surface area contributed by atoms with E-state index < -0.39 is 15.9 Å². The van der Waals surface area contributed by atoms with Crippen LogP contribution < -0.4 is 10.6 Å². The van der Waals surface area contributed by atoms with Crippen LogP contribution in [0.15, 0.2) is 17.2 Å². The molecule has 0 unspecified atom stereocenters. The van der Waals surface area contributed by atoms with Crippen LogP contribution in [0.5, 0.6) is 0 Å². The molecule has 10 heteroatoms. The van der Waals surface area contributed by atoms with E-state index in [1.54, 1.807) is 11.8 Å². The van der Waals surface area contributed by atoms with Crippen molar-refractivity contribution in [2.24, 2.45) is 0 Å². The largest absolute Gasteiger partial charge is 0.356 e. The summed E-state index contributed by atoms with van der Waals surface area (Å²) in [6, 6.07) is 1.34. The first-order chi connectivity index (χ1) is 10.9. The lowest BCUT2D eigenvalue weighted by molar-refractivity contribution is -0.118. The molecular formula is C13H20N4O4S2. The van der Waals surface area contributed by atoms with Crippen molar-refractivity contribution in [2.75, 3.05) is 37.7 Å². The van der Waals surface area contributed by atoms with Gasteiger partial charge < -0.3 is 15.6 Å². The predicted molar refractivity (Wildman–Crippen MR) is 87.9 cm³/mol. The summed E-state index contributed by atoms with van der Waals surface area (Å²) in [4.78, 5) is 25.4. The minimum atomic E-state index is -3.56. The Hall–Kier alpha value is -1.52. The molecule has 23 heavy (non-hydrogen) atoms. The van der Waals surface area contributed by atoms with Gasteiger partial charge in [-0.05, 0) is 6.07 Å². The summed E-state index contributed by atoms with van der Waals surface area (Å²) in [5, 5.41) is 5.16. The molecule has 2 amide bonds. The maximum atomic E-state index is 12.5. The highest BCUT2D eigenvalue weighted by atomic mass is 32.2. The third kappa shape index (κ3) is 4.72. The summed E-state index contributed by atoms with van der Waals surface area (Å²) in [7, 11) is -3.56. The molecule has 0 aromatic carbocycles. The average molecular weight is 360 g/mol. The highest BCUT2D eigenvalue weighted by molar-refractivity contribution is 7.99. The number of nitrogens with zero attached hydrogens (tertiary/aromatic N) is 1. The molecule has 1 aliphatic heterocycles. The number of rotatable bonds is 6. The van der Waals surface area contributed by atoms with Crippen molar-refractivity contribution < 1.29 is 18.0 Å². The molecule has 0 atom stereocenters. The second kappa shape index (κ2) is 7.84. The zero-order valence-electron chi connectivity index (χ0n) is 12.8. The summed E-state index contributed by atoms with van der Waals surface area (Å²) in [5.41, 5.74) is 0.179. The number of aromatic nitrogens is 1. The second-order valence-electron chi connectivity index (χ2n) is 5.00. The molecule has 8 nitrogen and oxygen atoms in total. The fourth-order valence-electron chi connectivity index (χ4n) is 2.10. The normalized spacial score (nSPS) is 16.0. The Balaban J connectivity index is 1.96. The Morgan fingerprint density at radius 2 is 1.91 bits per heavy atom. The first-order valence-electron chi connectivity index (χ1n) is 7.20. The lowest BCUT2D eigenvalue weighted by atomic mass is 10.4. The third-order valence-corrected chi connectivity index (χ3v) is 6.11. The van der Waals surface area contributed by atoms with Crippen LogP contribution in [-0.2, 0) is 14.8 Å². The minimum Gasteiger partial charge on any atom is -0.356 e. The van der Waals surface area contributed by atoms with E-state index in [1.807, 2.05) is 0 Å². The summed E-state index contributed by atoms with van der Waals surface area (Å²) >= 11 is 1.73. The molecule has 1 aromatic rings. The van der Waals surface area contributed by atoms with Gasteiger partial charge in [0, 0.05) is 50.8 Å². The molecule has 0 saturated carbocycles. The standard InChI is InChI=1S/C13H20N4O4S2/c1-10(18)14-2-3-15-13(19)12-8-11(9-16-12)23(20,21)17-4-6-22-7-5-17/h8-9,16H,2-7H2,1H3,(H,14,18)(H,15,19). The van der Waals surface area contributed by atoms with Gasteiger partial charge in [0.25, 0.3) is 5.91 Å². The molecule has 2 rings (SSSR count). The first kappa shape index (κ1) is 17.8. The fraction of sp³-hybridized carbons (Fsp3) is 0.538. The number of nitrogens with one attached hydrogen (secondary N) is 3. The highest BCUT2D eigenvalue weighted by Gasteiger charge is 2.27. The Morgan fingerprint density at radius 1 is 1.26 bits per heavy atom. The van der Waals surface area contributed by atoms with Crippen molar-refractivity contribution in [2.45, 2.75) is 11.8 Å². The van der Waals surface area contributed by atoms with Crippen molar-refractivity contribution in [3.05, 3.63) is 18.0 Å². The highest BCUT2D eigenvalue weighted by Crippen LogP contribution is 2.20. The number of carbonyl (C=O) groups is 2. The maximum Gasteiger partial charge on any atom is 0.267 e. The smallest absolute Gasteiger partial charge is 0.267 e. The van der Waals surface area contributed by atoms with Crippen LogP contribution in [0.3, 0.4) is 0 Å². The first-order valence-corrected chi connectivity index (χ1v) is 9.79. The molecule has 1 saturated heterocycles. The van der Waals surface area contributed by atoms with Crippen molar-refractivity contribution in [1.82, 2.24) is 19.9 Å². The second-order valence-corrected chi connectivity index (χ2v) is 8.17. The lowest BCUT2D eigenvalue weighted by Crippen LogP contribution is -2.37. The third-order valence-electron chi connectivity index (χ3n) is 3.29. The Morgan fingerprint density at radius 3 is 2.57 bits per heavy atom. The lowest BCUT2D eigenvalue weighted by Gasteiger charge is -2.24. The van der Waals surface area contributed by atoms with Gasteiger partial charge in [0.05, 0.1) is 0 Å². The van der Waals surface area contributed by atoms with Gasteiger partial charge in [0.15, 0.2) is 0 Å². The summed E-state index contributed by atoms with van der Waals surface area (Å²) < 4.78 is 26.4. The van der Waals surface area contributed by atoms with E-state index in [1.165, 1.54) is 23.5 Å². The quantitative estimate of drug-likeness (QED) is 0.599. The van der Waals surface area contributed by atoms with Crippen LogP contribution in [0, 0.1) is 0 Å². The molecule has 2 heterocycles. The van der Waals surface area contributed by atoms with Gasteiger partial charge in [0.2, 0.25) is 15.9 Å². The van der Waals surface area contributed by atoms with Gasteiger partial charge in [-0.3, -0.25) is 9.59 Å². The molecule has 0 bridgehead atoms. The zero-order valence-corrected chi connectivity index (χ0v) is 14.4. The van der Waals surface area contributed by atoms with Crippen LogP contribution in [0.1, 0.15) is 17.4 Å². The molecule has 0 spiro atoms. The van der Waals surface area contributed by atoms with Crippen molar-refractivity contribution >= 4 is 33.6 Å². The number of sulfonamides is 1. The Bertz CT molecular complexity index is 665. The molecular weight excluding hydrogens is 340 g/mol. The summed E-state index contributed by atoms with van der Waals surface area (Å²) in [6.07, 6.45) is 1.33. The number of hydrogen-bond donors (Lipinski definition) is 3. The molecule has 1 fully saturated rings. The predicted octanol–water partition coefficient (Wildman–Crippen LogP) is -0.382. The number of H-pyrrole nitrogens is 1.